The molecule has 3 heterocycles. The van der Waals surface area contributed by atoms with Gasteiger partial charge in [-0.3, -0.25) is 9.89 Å². The van der Waals surface area contributed by atoms with Gasteiger partial charge in [0.15, 0.2) is 0 Å². The first kappa shape index (κ1) is 29.2. The Bertz CT molecular complexity index is 2060. The van der Waals surface area contributed by atoms with Crippen molar-refractivity contribution in [1.29, 1.82) is 0 Å². The van der Waals surface area contributed by atoms with Gasteiger partial charge in [0.1, 0.15) is 5.82 Å². The monoisotopic (exact) mass is 613 g/mol. The van der Waals surface area contributed by atoms with Gasteiger partial charge in [0.05, 0.1) is 17.1 Å². The number of aromatic amines is 2. The SMILES string of the molecule is O=c1[nH]c2ccc(C(NCCN3CCC(c4[nH]nc5cc(F)ccc45)CC3)c3cccc(C(F)(F)F)c3)cc2c2ccccc12. The van der Waals surface area contributed by atoms with Crippen LogP contribution in [0.4, 0.5) is 17.6 Å². The Labute approximate surface area is 256 Å². The molecule has 0 spiro atoms. The number of alkyl halides is 3. The van der Waals surface area contributed by atoms with Gasteiger partial charge in [-0.15, -0.1) is 0 Å². The Balaban J connectivity index is 1.11. The lowest BCUT2D eigenvalue weighted by Gasteiger charge is -2.32. The molecular formula is C35H31F4N5O. The molecule has 6 nitrogen and oxygen atoms in total. The highest BCUT2D eigenvalue weighted by Crippen LogP contribution is 2.34. The highest BCUT2D eigenvalue weighted by molar-refractivity contribution is 6.05. The maximum atomic E-state index is 13.7. The summed E-state index contributed by atoms with van der Waals surface area (Å²) in [6.45, 7) is 3.00. The second kappa shape index (κ2) is 11.8. The summed E-state index contributed by atoms with van der Waals surface area (Å²) < 4.78 is 54.7. The average Bonchev–Trinajstić information content (AvgIpc) is 3.46. The normalized spacial score (nSPS) is 15.7. The highest BCUT2D eigenvalue weighted by Gasteiger charge is 2.31. The van der Waals surface area contributed by atoms with Crippen LogP contribution in [0, 0.1) is 5.82 Å². The molecule has 1 aliphatic heterocycles. The van der Waals surface area contributed by atoms with Crippen molar-refractivity contribution in [3.63, 3.8) is 0 Å². The number of hydrogen-bond acceptors (Lipinski definition) is 4. The number of fused-ring (bicyclic) bond motifs is 4. The molecule has 2 aromatic heterocycles. The Kier molecular flexibility index (Phi) is 7.63. The van der Waals surface area contributed by atoms with E-state index >= 15 is 0 Å². The second-order valence-electron chi connectivity index (χ2n) is 11.7. The largest absolute Gasteiger partial charge is 0.416 e. The van der Waals surface area contributed by atoms with Gasteiger partial charge in [0.2, 0.25) is 0 Å². The van der Waals surface area contributed by atoms with Crippen molar-refractivity contribution < 1.29 is 17.6 Å². The number of hydrogen-bond donors (Lipinski definition) is 3. The van der Waals surface area contributed by atoms with Crippen LogP contribution in [-0.2, 0) is 6.18 Å². The molecule has 0 bridgehead atoms. The number of likely N-dealkylation sites (tertiary alicyclic amines) is 1. The van der Waals surface area contributed by atoms with Crippen LogP contribution in [0.25, 0.3) is 32.6 Å². The van der Waals surface area contributed by atoms with Crippen molar-refractivity contribution in [2.45, 2.75) is 31.0 Å². The van der Waals surface area contributed by atoms with Gasteiger partial charge in [0.25, 0.3) is 5.56 Å². The number of nitrogens with zero attached hydrogens (tertiary/aromatic N) is 2. The third kappa shape index (κ3) is 5.83. The Morgan fingerprint density at radius 3 is 2.44 bits per heavy atom. The number of halogens is 4. The number of H-pyrrole nitrogens is 2. The summed E-state index contributed by atoms with van der Waals surface area (Å²) in [7, 11) is 0. The smallest absolute Gasteiger partial charge is 0.321 e. The van der Waals surface area contributed by atoms with E-state index in [-0.39, 0.29) is 11.4 Å². The molecule has 3 N–H and O–H groups in total. The van der Waals surface area contributed by atoms with Crippen molar-refractivity contribution in [2.24, 2.45) is 0 Å². The minimum Gasteiger partial charge on any atom is -0.321 e. The molecule has 0 saturated carbocycles. The third-order valence-electron chi connectivity index (χ3n) is 8.95. The molecule has 10 heteroatoms. The summed E-state index contributed by atoms with van der Waals surface area (Å²) in [5, 5.41) is 14.1. The molecule has 1 fully saturated rings. The molecule has 6 aromatic rings. The average molecular weight is 614 g/mol. The zero-order chi connectivity index (χ0) is 31.1. The van der Waals surface area contributed by atoms with E-state index < -0.39 is 17.8 Å². The fourth-order valence-electron chi connectivity index (χ4n) is 6.63. The van der Waals surface area contributed by atoms with E-state index in [2.05, 4.69) is 25.4 Å². The van der Waals surface area contributed by atoms with E-state index in [1.54, 1.807) is 24.3 Å². The summed E-state index contributed by atoms with van der Waals surface area (Å²) in [5.74, 6) is -0.0142. The van der Waals surface area contributed by atoms with Crippen LogP contribution in [-0.4, -0.2) is 46.3 Å². The van der Waals surface area contributed by atoms with E-state index in [1.165, 1.54) is 24.3 Å². The van der Waals surface area contributed by atoms with Crippen LogP contribution in [0.3, 0.4) is 0 Å². The molecule has 1 unspecified atom stereocenters. The Hall–Kier alpha value is -4.54. The van der Waals surface area contributed by atoms with Gasteiger partial charge in [-0.2, -0.15) is 18.3 Å². The van der Waals surface area contributed by atoms with Crippen LogP contribution in [0.5, 0.6) is 0 Å². The second-order valence-corrected chi connectivity index (χ2v) is 11.7. The number of rotatable bonds is 7. The number of nitrogens with one attached hydrogen (secondary N) is 3. The maximum Gasteiger partial charge on any atom is 0.416 e. The van der Waals surface area contributed by atoms with Gasteiger partial charge in [0, 0.05) is 52.4 Å². The van der Waals surface area contributed by atoms with Crippen LogP contribution < -0.4 is 10.9 Å². The summed E-state index contributed by atoms with van der Waals surface area (Å²) in [5.41, 5.74) is 2.78. The molecule has 7 rings (SSSR count). The van der Waals surface area contributed by atoms with E-state index in [0.29, 0.717) is 34.4 Å². The van der Waals surface area contributed by atoms with Crippen LogP contribution in [0.2, 0.25) is 0 Å². The summed E-state index contributed by atoms with van der Waals surface area (Å²) >= 11 is 0. The molecule has 1 aliphatic rings. The topological polar surface area (TPSA) is 76.8 Å². The molecular weight excluding hydrogens is 582 g/mol. The van der Waals surface area contributed by atoms with E-state index in [1.807, 2.05) is 30.3 Å². The Morgan fingerprint density at radius 2 is 1.64 bits per heavy atom. The molecule has 1 saturated heterocycles. The predicted octanol–water partition coefficient (Wildman–Crippen LogP) is 7.27. The van der Waals surface area contributed by atoms with Crippen molar-refractivity contribution in [1.82, 2.24) is 25.4 Å². The lowest BCUT2D eigenvalue weighted by molar-refractivity contribution is -0.137. The summed E-state index contributed by atoms with van der Waals surface area (Å²) in [6, 6.07) is 22.6. The standard InChI is InChI=1S/C35H31F4N5O/c36-25-9-10-28-31(20-25)42-43-33(28)21-12-15-44(16-13-21)17-14-40-32(22-4-3-5-24(18-22)35(37,38)39)23-8-11-30-29(19-23)26-6-1-2-7-27(26)34(45)41-30/h1-11,18-21,32,40H,12-17H2,(H,41,45)(H,42,43). The molecule has 0 radical (unpaired) electrons. The zero-order valence-electron chi connectivity index (χ0n) is 24.3. The van der Waals surface area contributed by atoms with Crippen molar-refractivity contribution >= 4 is 32.6 Å². The minimum atomic E-state index is -4.46. The first-order valence-electron chi connectivity index (χ1n) is 15.1. The zero-order valence-corrected chi connectivity index (χ0v) is 24.3. The predicted molar refractivity (Wildman–Crippen MR) is 168 cm³/mol. The fourth-order valence-corrected chi connectivity index (χ4v) is 6.63. The number of aromatic nitrogens is 3. The molecule has 4 aromatic carbocycles. The fraction of sp³-hybridized carbons (Fsp3) is 0.257. The molecule has 230 valence electrons. The van der Waals surface area contributed by atoms with Gasteiger partial charge < -0.3 is 15.2 Å². The molecule has 45 heavy (non-hydrogen) atoms. The summed E-state index contributed by atoms with van der Waals surface area (Å²) in [4.78, 5) is 17.9. The molecule has 1 atom stereocenters. The van der Waals surface area contributed by atoms with Crippen molar-refractivity contribution in [3.05, 3.63) is 123 Å². The quantitative estimate of drug-likeness (QED) is 0.131. The summed E-state index contributed by atoms with van der Waals surface area (Å²) in [6.07, 6.45) is -2.62. The molecule has 0 aliphatic carbocycles. The first-order valence-corrected chi connectivity index (χ1v) is 15.1. The van der Waals surface area contributed by atoms with Crippen molar-refractivity contribution in [2.75, 3.05) is 26.2 Å². The van der Waals surface area contributed by atoms with Gasteiger partial charge >= 0.3 is 6.18 Å². The first-order chi connectivity index (χ1) is 21.7. The minimum absolute atomic E-state index is 0.184. The highest BCUT2D eigenvalue weighted by atomic mass is 19.4. The lowest BCUT2D eigenvalue weighted by atomic mass is 9.91. The van der Waals surface area contributed by atoms with Crippen molar-refractivity contribution in [3.8, 4) is 0 Å². The molecule has 0 amide bonds. The number of pyridine rings is 1. The lowest BCUT2D eigenvalue weighted by Crippen LogP contribution is -2.38. The van der Waals surface area contributed by atoms with E-state index in [4.69, 9.17) is 0 Å². The van der Waals surface area contributed by atoms with Crippen LogP contribution in [0.1, 0.15) is 47.2 Å². The maximum absolute atomic E-state index is 13.7. The Morgan fingerprint density at radius 1 is 0.867 bits per heavy atom. The van der Waals surface area contributed by atoms with Gasteiger partial charge in [-0.25, -0.2) is 4.39 Å². The van der Waals surface area contributed by atoms with Gasteiger partial charge in [-0.05, 0) is 84.9 Å². The van der Waals surface area contributed by atoms with Crippen LogP contribution >= 0.6 is 0 Å². The van der Waals surface area contributed by atoms with Gasteiger partial charge in [-0.1, -0.05) is 36.4 Å². The number of benzene rings is 4. The van der Waals surface area contributed by atoms with Crippen LogP contribution in [0.15, 0.2) is 89.7 Å². The van der Waals surface area contributed by atoms with E-state index in [0.717, 1.165) is 66.0 Å². The third-order valence-corrected chi connectivity index (χ3v) is 8.95. The number of piperidine rings is 1. The van der Waals surface area contributed by atoms with E-state index in [9.17, 15) is 22.4 Å².